The fraction of sp³-hybridized carbons (Fsp3) is 0.323. The monoisotopic (exact) mass is 573 g/mol. The smallest absolute Gasteiger partial charge is 0.252 e. The average molecular weight is 574 g/mol. The summed E-state index contributed by atoms with van der Waals surface area (Å²) in [6.45, 7) is 1.45. The van der Waals surface area contributed by atoms with E-state index in [2.05, 4.69) is 10.3 Å². The van der Waals surface area contributed by atoms with Gasteiger partial charge in [-0.05, 0) is 54.3 Å². The Morgan fingerprint density at radius 2 is 1.95 bits per heavy atom. The minimum Gasteiger partial charge on any atom is -0.392 e. The second kappa shape index (κ2) is 11.7. The van der Waals surface area contributed by atoms with E-state index < -0.39 is 48.7 Å². The fourth-order valence-electron chi connectivity index (χ4n) is 5.53. The zero-order chi connectivity index (χ0) is 30.0. The summed E-state index contributed by atoms with van der Waals surface area (Å²) < 4.78 is 27.3. The molecule has 42 heavy (non-hydrogen) atoms. The summed E-state index contributed by atoms with van der Waals surface area (Å²) in [5.41, 5.74) is 2.19. The van der Waals surface area contributed by atoms with E-state index in [1.165, 1.54) is 28.1 Å². The van der Waals surface area contributed by atoms with Gasteiger partial charge >= 0.3 is 0 Å². The van der Waals surface area contributed by atoms with E-state index >= 15 is 0 Å². The number of alkyl halides is 2. The molecule has 1 aliphatic heterocycles. The predicted octanol–water partition coefficient (Wildman–Crippen LogP) is 3.94. The van der Waals surface area contributed by atoms with E-state index in [-0.39, 0.29) is 42.4 Å². The lowest BCUT2D eigenvalue weighted by molar-refractivity contribution is -0.133. The maximum atomic E-state index is 14.6. The molecule has 1 unspecified atom stereocenters. The molecular weight excluding hydrogens is 544 g/mol. The molecule has 11 heteroatoms. The minimum absolute atomic E-state index is 0.0395. The Kier molecular flexibility index (Phi) is 8.00. The number of aliphatic hydroxyl groups excluding tert-OH is 1. The number of aryl methyl sites for hydroxylation is 1. The zero-order valence-corrected chi connectivity index (χ0v) is 22.8. The van der Waals surface area contributed by atoms with Gasteiger partial charge in [0.15, 0.2) is 0 Å². The van der Waals surface area contributed by atoms with Gasteiger partial charge in [-0.25, -0.2) is 13.8 Å². The van der Waals surface area contributed by atoms with Crippen LogP contribution in [0.2, 0.25) is 0 Å². The number of hydrogen-bond donors (Lipinski definition) is 2. The summed E-state index contributed by atoms with van der Waals surface area (Å²) in [6.07, 6.45) is 0.542. The van der Waals surface area contributed by atoms with Crippen LogP contribution in [-0.2, 0) is 21.0 Å². The van der Waals surface area contributed by atoms with E-state index in [0.717, 1.165) is 0 Å². The molecule has 2 fully saturated rings. The van der Waals surface area contributed by atoms with Crippen LogP contribution in [-0.4, -0.2) is 45.8 Å². The number of carbonyl (C=O) groups excluding carboxylic acids is 3. The molecule has 1 aliphatic carbocycles. The SMILES string of the molecule is Cc1ccccc1C(C(=O)NC1CC(F)(F)C1)N(C(=O)[C@@H]1CCC(=O)N1c1cc(C#N)ccn1)c1cccc(CO)c1. The molecule has 0 bridgehead atoms. The number of nitrogens with one attached hydrogen (secondary N) is 1. The standard InChI is InChI=1S/C31H29F2N5O4/c1-19-5-2-3-8-24(19)28(29(41)36-22-15-31(32,33)16-22)37(23-7-4-6-21(13-23)18-39)30(42)25-9-10-27(40)38(25)26-14-20(17-34)11-12-35-26/h2-8,11-14,22,25,28,39H,9-10,15-16,18H2,1H3,(H,36,41)/t25-,28?/m0/s1. The third kappa shape index (κ3) is 5.71. The molecule has 2 atom stereocenters. The van der Waals surface area contributed by atoms with Gasteiger partial charge in [-0.2, -0.15) is 5.26 Å². The zero-order valence-electron chi connectivity index (χ0n) is 22.8. The highest BCUT2D eigenvalue weighted by Crippen LogP contribution is 2.39. The van der Waals surface area contributed by atoms with Gasteiger partial charge in [-0.3, -0.25) is 24.2 Å². The highest BCUT2D eigenvalue weighted by atomic mass is 19.3. The van der Waals surface area contributed by atoms with E-state index in [1.54, 1.807) is 55.5 Å². The summed E-state index contributed by atoms with van der Waals surface area (Å²) >= 11 is 0. The highest BCUT2D eigenvalue weighted by molar-refractivity contribution is 6.10. The second-order valence-electron chi connectivity index (χ2n) is 10.6. The largest absolute Gasteiger partial charge is 0.392 e. The number of benzene rings is 2. The van der Waals surface area contributed by atoms with Gasteiger partial charge in [0.2, 0.25) is 11.8 Å². The molecule has 9 nitrogen and oxygen atoms in total. The number of carbonyl (C=O) groups is 3. The van der Waals surface area contributed by atoms with Gasteiger partial charge in [-0.15, -0.1) is 0 Å². The number of halogens is 2. The van der Waals surface area contributed by atoms with Crippen LogP contribution in [0.4, 0.5) is 20.3 Å². The van der Waals surface area contributed by atoms with E-state index in [1.807, 2.05) is 6.07 Å². The first-order valence-electron chi connectivity index (χ1n) is 13.6. The highest BCUT2D eigenvalue weighted by Gasteiger charge is 2.48. The number of aliphatic hydroxyl groups is 1. The molecule has 1 aromatic heterocycles. The summed E-state index contributed by atoms with van der Waals surface area (Å²) in [5, 5.41) is 21.9. The van der Waals surface area contributed by atoms with Gasteiger partial charge in [0.25, 0.3) is 11.8 Å². The first-order valence-corrected chi connectivity index (χ1v) is 13.6. The van der Waals surface area contributed by atoms with Crippen molar-refractivity contribution in [2.75, 3.05) is 9.80 Å². The number of pyridine rings is 1. The Morgan fingerprint density at radius 1 is 1.19 bits per heavy atom. The molecule has 1 saturated carbocycles. The van der Waals surface area contributed by atoms with Crippen LogP contribution < -0.4 is 15.1 Å². The molecule has 3 aromatic rings. The molecule has 2 N–H and O–H groups in total. The lowest BCUT2D eigenvalue weighted by Crippen LogP contribution is -2.56. The van der Waals surface area contributed by atoms with Crippen molar-refractivity contribution in [3.63, 3.8) is 0 Å². The number of hydrogen-bond acceptors (Lipinski definition) is 6. The summed E-state index contributed by atoms with van der Waals surface area (Å²) in [5.74, 6) is -4.34. The van der Waals surface area contributed by atoms with Crippen LogP contribution in [0.25, 0.3) is 0 Å². The topological polar surface area (TPSA) is 127 Å². The Balaban J connectivity index is 1.62. The van der Waals surface area contributed by atoms with Crippen molar-refractivity contribution < 1.29 is 28.3 Å². The van der Waals surface area contributed by atoms with E-state index in [4.69, 9.17) is 0 Å². The van der Waals surface area contributed by atoms with Crippen LogP contribution in [0.1, 0.15) is 54.0 Å². The van der Waals surface area contributed by atoms with Crippen LogP contribution in [0.3, 0.4) is 0 Å². The van der Waals surface area contributed by atoms with Gasteiger partial charge in [-0.1, -0.05) is 36.4 Å². The Morgan fingerprint density at radius 3 is 2.64 bits per heavy atom. The number of aromatic nitrogens is 1. The molecule has 2 aromatic carbocycles. The van der Waals surface area contributed by atoms with Crippen LogP contribution >= 0.6 is 0 Å². The minimum atomic E-state index is -2.86. The van der Waals surface area contributed by atoms with Crippen LogP contribution in [0.15, 0.2) is 66.9 Å². The van der Waals surface area contributed by atoms with Crippen molar-refractivity contribution in [3.8, 4) is 6.07 Å². The molecule has 2 heterocycles. The summed E-state index contributed by atoms with van der Waals surface area (Å²) in [7, 11) is 0. The quantitative estimate of drug-likeness (QED) is 0.421. The first-order chi connectivity index (χ1) is 20.1. The van der Waals surface area contributed by atoms with Crippen LogP contribution in [0.5, 0.6) is 0 Å². The normalized spacial score (nSPS) is 18.6. The Bertz CT molecular complexity index is 1560. The van der Waals surface area contributed by atoms with Crippen molar-refractivity contribution >= 4 is 29.2 Å². The van der Waals surface area contributed by atoms with Crippen molar-refractivity contribution in [3.05, 3.63) is 89.1 Å². The summed E-state index contributed by atoms with van der Waals surface area (Å²) in [4.78, 5) is 48.4. The van der Waals surface area contributed by atoms with Gasteiger partial charge < -0.3 is 10.4 Å². The van der Waals surface area contributed by atoms with Gasteiger partial charge in [0.1, 0.15) is 17.9 Å². The van der Waals surface area contributed by atoms with Crippen molar-refractivity contribution in [2.24, 2.45) is 0 Å². The molecule has 2 aliphatic rings. The summed E-state index contributed by atoms with van der Waals surface area (Å²) in [6, 6.07) is 15.3. The lowest BCUT2D eigenvalue weighted by atomic mass is 9.87. The lowest BCUT2D eigenvalue weighted by Gasteiger charge is -2.39. The third-order valence-corrected chi connectivity index (χ3v) is 7.65. The Hall–Kier alpha value is -4.69. The van der Waals surface area contributed by atoms with Gasteiger partial charge in [0, 0.05) is 37.2 Å². The molecule has 0 radical (unpaired) electrons. The predicted molar refractivity (Wildman–Crippen MR) is 149 cm³/mol. The van der Waals surface area contributed by atoms with Crippen molar-refractivity contribution in [1.29, 1.82) is 5.26 Å². The second-order valence-corrected chi connectivity index (χ2v) is 10.6. The molecule has 5 rings (SSSR count). The van der Waals surface area contributed by atoms with Crippen molar-refractivity contribution in [1.82, 2.24) is 10.3 Å². The number of rotatable bonds is 8. The number of amides is 3. The van der Waals surface area contributed by atoms with E-state index in [9.17, 15) is 33.5 Å². The first kappa shape index (κ1) is 28.8. The molecule has 0 spiro atoms. The van der Waals surface area contributed by atoms with Gasteiger partial charge in [0.05, 0.1) is 18.2 Å². The molecule has 3 amide bonds. The molecular formula is C31H29F2N5O4. The maximum Gasteiger partial charge on any atom is 0.252 e. The van der Waals surface area contributed by atoms with E-state index in [0.29, 0.717) is 16.7 Å². The molecule has 216 valence electrons. The molecule has 1 saturated heterocycles. The van der Waals surface area contributed by atoms with Crippen molar-refractivity contribution in [2.45, 2.75) is 63.3 Å². The maximum absolute atomic E-state index is 14.6. The number of anilines is 2. The number of nitrogens with zero attached hydrogens (tertiary/aromatic N) is 4. The fourth-order valence-corrected chi connectivity index (χ4v) is 5.53. The Labute approximate surface area is 241 Å². The van der Waals surface area contributed by atoms with Crippen LogP contribution in [0, 0.1) is 18.3 Å². The average Bonchev–Trinajstić information content (AvgIpc) is 3.36. The number of nitriles is 1. The third-order valence-electron chi connectivity index (χ3n) is 7.65.